The second-order valence-electron chi connectivity index (χ2n) is 3.14. The van der Waals surface area contributed by atoms with E-state index in [2.05, 4.69) is 47.8 Å². The van der Waals surface area contributed by atoms with Crippen LogP contribution in [0.1, 0.15) is 18.1 Å². The van der Waals surface area contributed by atoms with Crippen LogP contribution in [-0.2, 0) is 21.3 Å². The Bertz CT molecular complexity index is 391. The second kappa shape index (κ2) is 6.77. The Kier molecular flexibility index (Phi) is 6.00. The molecule has 0 heterocycles. The summed E-state index contributed by atoms with van der Waals surface area (Å²) < 4.78 is 6.85. The van der Waals surface area contributed by atoms with Crippen LogP contribution in [0, 0.1) is 0 Å². The van der Waals surface area contributed by atoms with Crippen molar-refractivity contribution >= 4 is 53.8 Å². The Labute approximate surface area is 120 Å². The molecule has 0 N–H and O–H groups in total. The number of hydrogen-bond acceptors (Lipinski definition) is 2. The number of benzene rings is 1. The van der Waals surface area contributed by atoms with Crippen molar-refractivity contribution in [2.24, 2.45) is 0 Å². The first-order valence-corrected chi connectivity index (χ1v) is 7.47. The molecule has 0 aromatic heterocycles. The molecule has 0 radical (unpaired) electrons. The maximum Gasteiger partial charge on any atom is 0.310 e. The fraction of sp³-hybridized carbons (Fsp3) is 0.364. The lowest BCUT2D eigenvalue weighted by atomic mass is 10.1. The number of hydrogen-bond donors (Lipinski definition) is 0. The van der Waals surface area contributed by atoms with Crippen molar-refractivity contribution in [2.45, 2.75) is 18.7 Å². The van der Waals surface area contributed by atoms with Crippen LogP contribution >= 0.6 is 47.8 Å². The summed E-state index contributed by atoms with van der Waals surface area (Å²) in [6.07, 6.45) is 0.294. The SMILES string of the molecule is CCOC(=O)Cc1c(Br)cc(Br)cc1CBr. The van der Waals surface area contributed by atoms with Crippen molar-refractivity contribution in [3.8, 4) is 0 Å². The highest BCUT2D eigenvalue weighted by atomic mass is 79.9. The van der Waals surface area contributed by atoms with Crippen LogP contribution < -0.4 is 0 Å². The minimum absolute atomic E-state index is 0.201. The number of alkyl halides is 1. The van der Waals surface area contributed by atoms with Crippen molar-refractivity contribution in [2.75, 3.05) is 6.61 Å². The highest BCUT2D eigenvalue weighted by Gasteiger charge is 2.12. The van der Waals surface area contributed by atoms with Gasteiger partial charge in [-0.2, -0.15) is 0 Å². The molecule has 1 aromatic carbocycles. The molecule has 0 amide bonds. The fourth-order valence-electron chi connectivity index (χ4n) is 1.33. The molecule has 0 unspecified atom stereocenters. The predicted molar refractivity (Wildman–Crippen MR) is 74.8 cm³/mol. The quantitative estimate of drug-likeness (QED) is 0.545. The zero-order valence-electron chi connectivity index (χ0n) is 8.73. The molecule has 0 saturated carbocycles. The molecule has 0 aliphatic heterocycles. The molecule has 0 aliphatic carbocycles. The fourth-order valence-corrected chi connectivity index (χ4v) is 3.28. The average Bonchev–Trinajstić information content (AvgIpc) is 2.22. The Morgan fingerprint density at radius 1 is 1.38 bits per heavy atom. The van der Waals surface area contributed by atoms with Gasteiger partial charge >= 0.3 is 5.97 Å². The lowest BCUT2D eigenvalue weighted by Gasteiger charge is -2.10. The van der Waals surface area contributed by atoms with Crippen LogP contribution in [-0.4, -0.2) is 12.6 Å². The third-order valence-corrected chi connectivity index (χ3v) is 3.79. The summed E-state index contributed by atoms with van der Waals surface area (Å²) in [5, 5.41) is 0.708. The Morgan fingerprint density at radius 2 is 2.06 bits per heavy atom. The minimum Gasteiger partial charge on any atom is -0.466 e. The number of halogens is 3. The van der Waals surface area contributed by atoms with Crippen LogP contribution in [0.5, 0.6) is 0 Å². The van der Waals surface area contributed by atoms with Gasteiger partial charge in [-0.15, -0.1) is 0 Å². The Balaban J connectivity index is 2.98. The third-order valence-electron chi connectivity index (χ3n) is 2.02. The highest BCUT2D eigenvalue weighted by molar-refractivity contribution is 9.11. The van der Waals surface area contributed by atoms with Gasteiger partial charge < -0.3 is 4.74 Å². The summed E-state index contributed by atoms with van der Waals surface area (Å²) in [5.41, 5.74) is 2.05. The summed E-state index contributed by atoms with van der Waals surface area (Å²) >= 11 is 10.3. The first-order chi connectivity index (χ1) is 7.58. The molecule has 5 heteroatoms. The molecule has 0 atom stereocenters. The average molecular weight is 415 g/mol. The molecule has 0 spiro atoms. The summed E-state index contributed by atoms with van der Waals surface area (Å²) in [5.74, 6) is -0.201. The maximum atomic E-state index is 11.4. The van der Waals surface area contributed by atoms with Gasteiger partial charge in [0.15, 0.2) is 0 Å². The van der Waals surface area contributed by atoms with Gasteiger partial charge in [0.1, 0.15) is 0 Å². The van der Waals surface area contributed by atoms with Gasteiger partial charge in [0.2, 0.25) is 0 Å². The standard InChI is InChI=1S/C11H11Br3O2/c1-2-16-11(15)5-9-7(6-12)3-8(13)4-10(9)14/h3-4H,2,5-6H2,1H3. The van der Waals surface area contributed by atoms with Gasteiger partial charge in [-0.25, -0.2) is 0 Å². The van der Waals surface area contributed by atoms with Gasteiger partial charge in [0.25, 0.3) is 0 Å². The molecular formula is C11H11Br3O2. The number of rotatable bonds is 4. The van der Waals surface area contributed by atoms with Crippen LogP contribution in [0.25, 0.3) is 0 Å². The van der Waals surface area contributed by atoms with Gasteiger partial charge in [0, 0.05) is 14.3 Å². The zero-order chi connectivity index (χ0) is 12.1. The molecule has 16 heavy (non-hydrogen) atoms. The number of carbonyl (C=O) groups excluding carboxylic acids is 1. The van der Waals surface area contributed by atoms with Crippen LogP contribution in [0.3, 0.4) is 0 Å². The molecule has 1 rings (SSSR count). The van der Waals surface area contributed by atoms with E-state index in [4.69, 9.17) is 4.74 Å². The molecule has 0 saturated heterocycles. The zero-order valence-corrected chi connectivity index (χ0v) is 13.5. The molecule has 88 valence electrons. The topological polar surface area (TPSA) is 26.3 Å². The van der Waals surface area contributed by atoms with E-state index < -0.39 is 0 Å². The van der Waals surface area contributed by atoms with E-state index in [1.807, 2.05) is 12.1 Å². The number of esters is 1. The normalized spacial score (nSPS) is 10.2. The van der Waals surface area contributed by atoms with Crippen molar-refractivity contribution in [1.82, 2.24) is 0 Å². The van der Waals surface area contributed by atoms with E-state index in [9.17, 15) is 4.79 Å². The lowest BCUT2D eigenvalue weighted by molar-refractivity contribution is -0.142. The Hall–Kier alpha value is 0.130. The lowest BCUT2D eigenvalue weighted by Crippen LogP contribution is -2.09. The maximum absolute atomic E-state index is 11.4. The molecule has 0 bridgehead atoms. The van der Waals surface area contributed by atoms with Crippen molar-refractivity contribution < 1.29 is 9.53 Å². The van der Waals surface area contributed by atoms with Gasteiger partial charge in [-0.05, 0) is 30.2 Å². The van der Waals surface area contributed by atoms with Crippen molar-refractivity contribution in [3.63, 3.8) is 0 Å². The number of ether oxygens (including phenoxy) is 1. The molecule has 1 aromatic rings. The number of carbonyl (C=O) groups is 1. The first kappa shape index (κ1) is 14.2. The Morgan fingerprint density at radius 3 is 2.62 bits per heavy atom. The summed E-state index contributed by atoms with van der Waals surface area (Å²) in [7, 11) is 0. The van der Waals surface area contributed by atoms with E-state index >= 15 is 0 Å². The molecule has 0 aliphatic rings. The van der Waals surface area contributed by atoms with Gasteiger partial charge in [-0.3, -0.25) is 4.79 Å². The van der Waals surface area contributed by atoms with Crippen LogP contribution in [0.4, 0.5) is 0 Å². The van der Waals surface area contributed by atoms with E-state index in [0.717, 1.165) is 20.1 Å². The highest BCUT2D eigenvalue weighted by Crippen LogP contribution is 2.28. The largest absolute Gasteiger partial charge is 0.466 e. The molecular weight excluding hydrogens is 404 g/mol. The third kappa shape index (κ3) is 3.86. The summed E-state index contributed by atoms with van der Waals surface area (Å²) in [6, 6.07) is 3.93. The molecule has 0 fully saturated rings. The first-order valence-electron chi connectivity index (χ1n) is 4.76. The van der Waals surface area contributed by atoms with E-state index in [0.29, 0.717) is 18.4 Å². The summed E-state index contributed by atoms with van der Waals surface area (Å²) in [4.78, 5) is 11.4. The minimum atomic E-state index is -0.201. The van der Waals surface area contributed by atoms with Gasteiger partial charge in [-0.1, -0.05) is 47.8 Å². The predicted octanol–water partition coefficient (Wildman–Crippen LogP) is 4.21. The van der Waals surface area contributed by atoms with Gasteiger partial charge in [0.05, 0.1) is 13.0 Å². The van der Waals surface area contributed by atoms with Crippen molar-refractivity contribution in [1.29, 1.82) is 0 Å². The van der Waals surface area contributed by atoms with E-state index in [-0.39, 0.29) is 5.97 Å². The summed E-state index contributed by atoms with van der Waals surface area (Å²) in [6.45, 7) is 2.22. The monoisotopic (exact) mass is 412 g/mol. The smallest absolute Gasteiger partial charge is 0.310 e. The second-order valence-corrected chi connectivity index (χ2v) is 5.47. The van der Waals surface area contributed by atoms with E-state index in [1.54, 1.807) is 6.92 Å². The molecule has 2 nitrogen and oxygen atoms in total. The van der Waals surface area contributed by atoms with Crippen LogP contribution in [0.2, 0.25) is 0 Å². The van der Waals surface area contributed by atoms with E-state index in [1.165, 1.54) is 0 Å². The van der Waals surface area contributed by atoms with Crippen molar-refractivity contribution in [3.05, 3.63) is 32.2 Å². The van der Waals surface area contributed by atoms with Crippen LogP contribution in [0.15, 0.2) is 21.1 Å².